The largest absolute Gasteiger partial charge is 0.333 e. The second-order valence-corrected chi connectivity index (χ2v) is 5.99. The fraction of sp³-hybridized carbons (Fsp3) is 0.786. The van der Waals surface area contributed by atoms with Gasteiger partial charge in [0.15, 0.2) is 0 Å². The van der Waals surface area contributed by atoms with Crippen LogP contribution in [0.2, 0.25) is 0 Å². The molecule has 1 aliphatic carbocycles. The van der Waals surface area contributed by atoms with E-state index in [0.29, 0.717) is 0 Å². The Kier molecular flexibility index (Phi) is 3.87. The van der Waals surface area contributed by atoms with Crippen molar-refractivity contribution in [2.45, 2.75) is 64.5 Å². The lowest BCUT2D eigenvalue weighted by atomic mass is 10.0. The first-order valence-corrected chi connectivity index (χ1v) is 6.87. The second kappa shape index (κ2) is 5.21. The zero-order valence-electron chi connectivity index (χ0n) is 11.2. The molecule has 0 bridgehead atoms. The van der Waals surface area contributed by atoms with Gasteiger partial charge in [0, 0.05) is 12.7 Å². The van der Waals surface area contributed by atoms with E-state index in [0.717, 1.165) is 18.2 Å². The van der Waals surface area contributed by atoms with Crippen molar-refractivity contribution in [1.29, 1.82) is 0 Å². The van der Waals surface area contributed by atoms with Crippen LogP contribution in [0.15, 0.2) is 12.5 Å². The molecule has 96 valence electrons. The fourth-order valence-electron chi connectivity index (χ4n) is 2.88. The van der Waals surface area contributed by atoms with Crippen LogP contribution in [0, 0.1) is 5.92 Å². The average molecular weight is 235 g/mol. The molecular weight excluding hydrogens is 210 g/mol. The van der Waals surface area contributed by atoms with Crippen LogP contribution in [0.1, 0.15) is 58.1 Å². The maximum atomic E-state index is 6.14. The van der Waals surface area contributed by atoms with Crippen LogP contribution in [-0.4, -0.2) is 9.55 Å². The molecule has 2 rings (SSSR count). The Bertz CT molecular complexity index is 343. The number of rotatable bonds is 5. The Hall–Kier alpha value is -0.830. The third-order valence-corrected chi connectivity index (χ3v) is 3.86. The molecule has 1 saturated carbocycles. The van der Waals surface area contributed by atoms with Gasteiger partial charge in [-0.2, -0.15) is 0 Å². The summed E-state index contributed by atoms with van der Waals surface area (Å²) in [7, 11) is 0. The van der Waals surface area contributed by atoms with Gasteiger partial charge in [0.25, 0.3) is 0 Å². The highest BCUT2D eigenvalue weighted by molar-refractivity contribution is 5.09. The van der Waals surface area contributed by atoms with Crippen molar-refractivity contribution in [3.8, 4) is 0 Å². The average Bonchev–Trinajstić information content (AvgIpc) is 2.86. The Morgan fingerprint density at radius 1 is 1.41 bits per heavy atom. The number of hydrogen-bond donors (Lipinski definition) is 1. The molecule has 0 saturated heterocycles. The van der Waals surface area contributed by atoms with Gasteiger partial charge in [0.05, 0.1) is 17.6 Å². The maximum absolute atomic E-state index is 6.14. The molecule has 0 unspecified atom stereocenters. The van der Waals surface area contributed by atoms with Gasteiger partial charge in [-0.05, 0) is 32.6 Å². The minimum absolute atomic E-state index is 0.288. The lowest BCUT2D eigenvalue weighted by Gasteiger charge is -2.21. The normalized spacial score (nSPS) is 17.8. The Labute approximate surface area is 104 Å². The quantitative estimate of drug-likeness (QED) is 0.852. The van der Waals surface area contributed by atoms with Gasteiger partial charge in [-0.3, -0.25) is 0 Å². The number of hydrogen-bond acceptors (Lipinski definition) is 2. The minimum atomic E-state index is -0.288. The molecular formula is C14H25N3. The van der Waals surface area contributed by atoms with Gasteiger partial charge >= 0.3 is 0 Å². The van der Waals surface area contributed by atoms with E-state index in [1.807, 2.05) is 26.4 Å². The van der Waals surface area contributed by atoms with Crippen LogP contribution < -0.4 is 5.73 Å². The predicted molar refractivity (Wildman–Crippen MR) is 70.6 cm³/mol. The highest BCUT2D eigenvalue weighted by Gasteiger charge is 2.19. The molecule has 0 spiro atoms. The van der Waals surface area contributed by atoms with Crippen molar-refractivity contribution in [2.75, 3.05) is 0 Å². The van der Waals surface area contributed by atoms with Gasteiger partial charge in [-0.1, -0.05) is 25.7 Å². The van der Waals surface area contributed by atoms with E-state index in [-0.39, 0.29) is 5.54 Å². The number of aryl methyl sites for hydroxylation is 1. The lowest BCUT2D eigenvalue weighted by Crippen LogP contribution is -2.31. The highest BCUT2D eigenvalue weighted by atomic mass is 15.1. The molecule has 1 fully saturated rings. The fourth-order valence-corrected chi connectivity index (χ4v) is 2.88. The topological polar surface area (TPSA) is 43.8 Å². The SMILES string of the molecule is CC(C)(N)c1cncn1CCCC1CCCC1. The molecule has 3 nitrogen and oxygen atoms in total. The van der Waals surface area contributed by atoms with Gasteiger partial charge in [0.1, 0.15) is 0 Å². The molecule has 0 atom stereocenters. The molecule has 17 heavy (non-hydrogen) atoms. The van der Waals surface area contributed by atoms with Crippen LogP contribution >= 0.6 is 0 Å². The first kappa shape index (κ1) is 12.6. The smallest absolute Gasteiger partial charge is 0.0948 e. The zero-order valence-corrected chi connectivity index (χ0v) is 11.2. The summed E-state index contributed by atoms with van der Waals surface area (Å²) in [5, 5.41) is 0. The maximum Gasteiger partial charge on any atom is 0.0948 e. The van der Waals surface area contributed by atoms with E-state index in [1.165, 1.54) is 38.5 Å². The molecule has 1 heterocycles. The molecule has 1 aromatic heterocycles. The zero-order chi connectivity index (χ0) is 12.3. The number of nitrogens with two attached hydrogens (primary N) is 1. The van der Waals surface area contributed by atoms with E-state index in [4.69, 9.17) is 5.73 Å². The Morgan fingerprint density at radius 3 is 2.76 bits per heavy atom. The first-order chi connectivity index (χ1) is 8.07. The number of aromatic nitrogens is 2. The molecule has 0 amide bonds. The lowest BCUT2D eigenvalue weighted by molar-refractivity contribution is 0.436. The third-order valence-electron chi connectivity index (χ3n) is 3.86. The standard InChI is InChI=1S/C14H25N3/c1-14(2,15)13-10-16-11-17(13)9-5-8-12-6-3-4-7-12/h10-12H,3-9,15H2,1-2H3. The van der Waals surface area contributed by atoms with Crippen LogP contribution in [-0.2, 0) is 12.1 Å². The van der Waals surface area contributed by atoms with E-state index in [2.05, 4.69) is 9.55 Å². The van der Waals surface area contributed by atoms with Crippen molar-refractivity contribution in [3.63, 3.8) is 0 Å². The molecule has 2 N–H and O–H groups in total. The molecule has 1 aliphatic rings. The van der Waals surface area contributed by atoms with Crippen molar-refractivity contribution in [1.82, 2.24) is 9.55 Å². The number of imidazole rings is 1. The summed E-state index contributed by atoms with van der Waals surface area (Å²) in [6, 6.07) is 0. The Balaban J connectivity index is 1.84. The molecule has 0 aliphatic heterocycles. The molecule has 3 heteroatoms. The van der Waals surface area contributed by atoms with Crippen LogP contribution in [0.4, 0.5) is 0 Å². The van der Waals surface area contributed by atoms with Crippen molar-refractivity contribution < 1.29 is 0 Å². The number of nitrogens with zero attached hydrogens (tertiary/aromatic N) is 2. The highest BCUT2D eigenvalue weighted by Crippen LogP contribution is 2.28. The van der Waals surface area contributed by atoms with Crippen molar-refractivity contribution in [2.24, 2.45) is 11.7 Å². The summed E-state index contributed by atoms with van der Waals surface area (Å²) in [5.41, 5.74) is 6.99. The van der Waals surface area contributed by atoms with Gasteiger partial charge in [0.2, 0.25) is 0 Å². The van der Waals surface area contributed by atoms with E-state index < -0.39 is 0 Å². The van der Waals surface area contributed by atoms with Crippen molar-refractivity contribution >= 4 is 0 Å². The monoisotopic (exact) mass is 235 g/mol. The summed E-state index contributed by atoms with van der Waals surface area (Å²) < 4.78 is 2.22. The minimum Gasteiger partial charge on any atom is -0.333 e. The van der Waals surface area contributed by atoms with E-state index in [1.54, 1.807) is 0 Å². The van der Waals surface area contributed by atoms with Crippen molar-refractivity contribution in [3.05, 3.63) is 18.2 Å². The summed E-state index contributed by atoms with van der Waals surface area (Å²) in [4.78, 5) is 4.22. The predicted octanol–water partition coefficient (Wildman–Crippen LogP) is 3.05. The first-order valence-electron chi connectivity index (χ1n) is 6.87. The molecule has 1 aromatic rings. The van der Waals surface area contributed by atoms with Crippen LogP contribution in [0.5, 0.6) is 0 Å². The summed E-state index contributed by atoms with van der Waals surface area (Å²) in [6.07, 6.45) is 12.2. The van der Waals surface area contributed by atoms with E-state index in [9.17, 15) is 0 Å². The van der Waals surface area contributed by atoms with Gasteiger partial charge in [-0.25, -0.2) is 4.98 Å². The second-order valence-electron chi connectivity index (χ2n) is 5.99. The van der Waals surface area contributed by atoms with Gasteiger partial charge < -0.3 is 10.3 Å². The van der Waals surface area contributed by atoms with Gasteiger partial charge in [-0.15, -0.1) is 0 Å². The summed E-state index contributed by atoms with van der Waals surface area (Å²) in [5.74, 6) is 0.979. The van der Waals surface area contributed by atoms with Crippen LogP contribution in [0.25, 0.3) is 0 Å². The van der Waals surface area contributed by atoms with Crippen LogP contribution in [0.3, 0.4) is 0 Å². The van der Waals surface area contributed by atoms with E-state index >= 15 is 0 Å². The molecule has 0 radical (unpaired) electrons. The summed E-state index contributed by atoms with van der Waals surface area (Å²) in [6.45, 7) is 5.14. The molecule has 0 aromatic carbocycles. The Morgan fingerprint density at radius 2 is 2.12 bits per heavy atom. The third kappa shape index (κ3) is 3.32. The summed E-state index contributed by atoms with van der Waals surface area (Å²) >= 11 is 0.